The average molecular weight is 551 g/mol. The highest BCUT2D eigenvalue weighted by atomic mass is 35.5. The predicted molar refractivity (Wildman–Crippen MR) is 161 cm³/mol. The van der Waals surface area contributed by atoms with Crippen molar-refractivity contribution in [2.75, 3.05) is 4.90 Å². The van der Waals surface area contributed by atoms with Crippen molar-refractivity contribution in [2.24, 2.45) is 0 Å². The van der Waals surface area contributed by atoms with Gasteiger partial charge in [0.25, 0.3) is 0 Å². The number of rotatable bonds is 6. The summed E-state index contributed by atoms with van der Waals surface area (Å²) in [4.78, 5) is 6.85. The molecule has 5 nitrogen and oxygen atoms in total. The lowest BCUT2D eigenvalue weighted by Gasteiger charge is -2.29. The van der Waals surface area contributed by atoms with Crippen LogP contribution in [0.5, 0.6) is 11.5 Å². The van der Waals surface area contributed by atoms with E-state index >= 15 is 0 Å². The van der Waals surface area contributed by atoms with Crippen LogP contribution in [0.3, 0.4) is 0 Å². The lowest BCUT2D eigenvalue weighted by molar-refractivity contribution is 0.482. The van der Waals surface area contributed by atoms with Crippen molar-refractivity contribution in [3.05, 3.63) is 137 Å². The molecule has 6 rings (SSSR count). The molecular formula is C32H27ClN4OS. The number of ether oxygens (including phenoxy) is 1. The minimum atomic E-state index is -0.151. The maximum absolute atomic E-state index is 6.34. The minimum Gasteiger partial charge on any atom is -0.457 e. The first kappa shape index (κ1) is 25.2. The van der Waals surface area contributed by atoms with Gasteiger partial charge in [-0.15, -0.1) is 0 Å². The van der Waals surface area contributed by atoms with E-state index in [1.54, 1.807) is 0 Å². The molecule has 0 spiro atoms. The molecule has 1 aliphatic heterocycles. The van der Waals surface area contributed by atoms with E-state index in [0.717, 1.165) is 44.8 Å². The van der Waals surface area contributed by atoms with Gasteiger partial charge >= 0.3 is 0 Å². The number of benzene rings is 3. The molecule has 2 atom stereocenters. The van der Waals surface area contributed by atoms with E-state index in [-0.39, 0.29) is 12.1 Å². The Balaban J connectivity index is 1.39. The second-order valence-electron chi connectivity index (χ2n) is 9.64. The Kier molecular flexibility index (Phi) is 6.81. The molecule has 39 heavy (non-hydrogen) atoms. The zero-order valence-corrected chi connectivity index (χ0v) is 23.2. The lowest BCUT2D eigenvalue weighted by Crippen LogP contribution is -2.30. The first-order valence-corrected chi connectivity index (χ1v) is 13.6. The number of aryl methyl sites for hydroxylation is 2. The molecule has 0 radical (unpaired) electrons. The molecule has 194 valence electrons. The number of thiocarbonyl (C=S) groups is 1. The fraction of sp³-hybridized carbons (Fsp3) is 0.125. The predicted octanol–water partition coefficient (Wildman–Crippen LogP) is 8.11. The minimum absolute atomic E-state index is 0.149. The number of pyridine rings is 1. The average Bonchev–Trinajstić information content (AvgIpc) is 3.57. The molecule has 0 bridgehead atoms. The van der Waals surface area contributed by atoms with Crippen molar-refractivity contribution in [1.29, 1.82) is 0 Å². The van der Waals surface area contributed by atoms with E-state index in [2.05, 4.69) is 51.1 Å². The number of nitrogens with one attached hydrogen (secondary N) is 1. The summed E-state index contributed by atoms with van der Waals surface area (Å²) in [6.07, 6.45) is 3.89. The van der Waals surface area contributed by atoms with E-state index in [4.69, 9.17) is 28.6 Å². The fourth-order valence-electron chi connectivity index (χ4n) is 5.00. The highest BCUT2D eigenvalue weighted by molar-refractivity contribution is 7.80. The third kappa shape index (κ3) is 5.01. The third-order valence-electron chi connectivity index (χ3n) is 6.97. The van der Waals surface area contributed by atoms with E-state index in [1.807, 2.05) is 92.0 Å². The van der Waals surface area contributed by atoms with Gasteiger partial charge in [0.05, 0.1) is 11.7 Å². The van der Waals surface area contributed by atoms with Crippen molar-refractivity contribution in [3.8, 4) is 17.2 Å². The van der Waals surface area contributed by atoms with Crippen LogP contribution in [0.25, 0.3) is 5.69 Å². The molecule has 1 saturated heterocycles. The molecule has 3 heterocycles. The van der Waals surface area contributed by atoms with Crippen LogP contribution in [-0.2, 0) is 0 Å². The van der Waals surface area contributed by atoms with Gasteiger partial charge in [0.2, 0.25) is 0 Å². The molecule has 2 aromatic heterocycles. The van der Waals surface area contributed by atoms with Gasteiger partial charge in [-0.3, -0.25) is 4.98 Å². The van der Waals surface area contributed by atoms with Gasteiger partial charge in [-0.2, -0.15) is 0 Å². The number of halogens is 1. The summed E-state index contributed by atoms with van der Waals surface area (Å²) in [7, 11) is 0. The van der Waals surface area contributed by atoms with Crippen LogP contribution in [0.15, 0.2) is 109 Å². The second-order valence-corrected chi connectivity index (χ2v) is 10.4. The molecular weight excluding hydrogens is 524 g/mol. The summed E-state index contributed by atoms with van der Waals surface area (Å²) >= 11 is 12.3. The normalized spacial score (nSPS) is 16.8. The molecule has 1 N–H and O–H groups in total. The maximum Gasteiger partial charge on any atom is 0.174 e. The smallest absolute Gasteiger partial charge is 0.174 e. The summed E-state index contributed by atoms with van der Waals surface area (Å²) in [6, 6.07) is 32.0. The van der Waals surface area contributed by atoms with Gasteiger partial charge in [-0.25, -0.2) is 0 Å². The van der Waals surface area contributed by atoms with Crippen LogP contribution in [0.1, 0.15) is 34.6 Å². The molecule has 1 aliphatic rings. The second kappa shape index (κ2) is 10.6. The number of hydrogen-bond acceptors (Lipinski definition) is 3. The van der Waals surface area contributed by atoms with E-state index < -0.39 is 0 Å². The van der Waals surface area contributed by atoms with E-state index in [1.165, 1.54) is 5.56 Å². The van der Waals surface area contributed by atoms with Crippen LogP contribution < -0.4 is 15.0 Å². The third-order valence-corrected chi connectivity index (χ3v) is 7.71. The van der Waals surface area contributed by atoms with Crippen LogP contribution >= 0.6 is 23.8 Å². The van der Waals surface area contributed by atoms with Gasteiger partial charge in [0.1, 0.15) is 17.5 Å². The molecule has 7 heteroatoms. The number of aromatic nitrogens is 2. The van der Waals surface area contributed by atoms with E-state index in [9.17, 15) is 0 Å². The van der Waals surface area contributed by atoms with Crippen molar-refractivity contribution >= 4 is 34.6 Å². The Hall–Kier alpha value is -4.13. The standard InChI is InChI=1S/C32H27ClN4OS/c1-21-8-13-25(14-9-21)38-26-15-10-23(11-16-26)37-31(30(35-32(37)39)28-6-3-4-18-34-28)29-7-5-19-36(29)24-12-17-27(33)22(2)20-24/h3-20,30-31H,1-2H3,(H,35,39)/t30-,31+/m1/s1. The molecule has 1 fully saturated rings. The summed E-state index contributed by atoms with van der Waals surface area (Å²) in [5, 5.41) is 4.93. The molecule has 0 amide bonds. The number of nitrogens with zero attached hydrogens (tertiary/aromatic N) is 3. The molecule has 5 aromatic rings. The Labute approximate surface area is 238 Å². The number of hydrogen-bond donors (Lipinski definition) is 1. The zero-order valence-electron chi connectivity index (χ0n) is 21.6. The topological polar surface area (TPSA) is 42.3 Å². The van der Waals surface area contributed by atoms with Gasteiger partial charge < -0.3 is 19.5 Å². The van der Waals surface area contributed by atoms with Crippen molar-refractivity contribution in [3.63, 3.8) is 0 Å². The van der Waals surface area contributed by atoms with Gasteiger partial charge in [-0.05, 0) is 110 Å². The SMILES string of the molecule is Cc1ccc(Oc2ccc(N3C(=S)N[C@H](c4ccccn4)[C@@H]3c3cccn3-c3ccc(Cl)c(C)c3)cc2)cc1. The molecule has 0 unspecified atom stereocenters. The van der Waals surface area contributed by atoms with Gasteiger partial charge in [-0.1, -0.05) is 35.4 Å². The summed E-state index contributed by atoms with van der Waals surface area (Å²) in [5.41, 5.74) is 6.23. The van der Waals surface area contributed by atoms with E-state index in [0.29, 0.717) is 5.11 Å². The van der Waals surface area contributed by atoms with Crippen LogP contribution in [0.4, 0.5) is 5.69 Å². The maximum atomic E-state index is 6.34. The Morgan fingerprint density at radius 2 is 1.56 bits per heavy atom. The summed E-state index contributed by atoms with van der Waals surface area (Å²) < 4.78 is 8.27. The van der Waals surface area contributed by atoms with Crippen LogP contribution in [0, 0.1) is 13.8 Å². The quantitative estimate of drug-likeness (QED) is 0.216. The lowest BCUT2D eigenvalue weighted by atomic mass is 10.0. The first-order chi connectivity index (χ1) is 19.0. The van der Waals surface area contributed by atoms with Crippen molar-refractivity contribution in [1.82, 2.24) is 14.9 Å². The van der Waals surface area contributed by atoms with Gasteiger partial charge in [0.15, 0.2) is 5.11 Å². The van der Waals surface area contributed by atoms with Crippen LogP contribution in [-0.4, -0.2) is 14.7 Å². The van der Waals surface area contributed by atoms with Gasteiger partial charge in [0, 0.05) is 34.5 Å². The molecule has 0 saturated carbocycles. The van der Waals surface area contributed by atoms with Crippen LogP contribution in [0.2, 0.25) is 5.02 Å². The Bertz CT molecular complexity index is 1620. The Morgan fingerprint density at radius 1 is 0.846 bits per heavy atom. The molecule has 0 aliphatic carbocycles. The first-order valence-electron chi connectivity index (χ1n) is 12.8. The van der Waals surface area contributed by atoms with Crippen molar-refractivity contribution in [2.45, 2.75) is 25.9 Å². The monoisotopic (exact) mass is 550 g/mol. The molecule has 3 aromatic carbocycles. The highest BCUT2D eigenvalue weighted by Gasteiger charge is 2.42. The highest BCUT2D eigenvalue weighted by Crippen LogP contribution is 2.42. The Morgan fingerprint density at radius 3 is 2.26 bits per heavy atom. The van der Waals surface area contributed by atoms with Crippen molar-refractivity contribution < 1.29 is 4.74 Å². The zero-order chi connectivity index (χ0) is 26.9. The summed E-state index contributed by atoms with van der Waals surface area (Å²) in [6.45, 7) is 4.08. The number of anilines is 1. The fourth-order valence-corrected chi connectivity index (χ4v) is 5.46. The largest absolute Gasteiger partial charge is 0.457 e. The summed E-state index contributed by atoms with van der Waals surface area (Å²) in [5.74, 6) is 1.56.